The molecular formula is C13H18FN3OS. The van der Waals surface area contributed by atoms with Gasteiger partial charge in [0.05, 0.1) is 11.3 Å². The second kappa shape index (κ2) is 5.69. The summed E-state index contributed by atoms with van der Waals surface area (Å²) < 4.78 is 14.0. The molecule has 19 heavy (non-hydrogen) atoms. The Balaban J connectivity index is 2.47. The maximum atomic E-state index is 14.0. The van der Waals surface area contributed by atoms with Crippen LogP contribution in [0.4, 0.5) is 10.1 Å². The van der Waals surface area contributed by atoms with Crippen LogP contribution in [0.2, 0.25) is 0 Å². The van der Waals surface area contributed by atoms with Crippen molar-refractivity contribution in [2.75, 3.05) is 17.2 Å². The van der Waals surface area contributed by atoms with Gasteiger partial charge in [0.15, 0.2) is 5.84 Å². The number of anilines is 1. The Morgan fingerprint density at radius 3 is 2.95 bits per heavy atom. The highest BCUT2D eigenvalue weighted by atomic mass is 32.2. The second-order valence-electron chi connectivity index (χ2n) is 4.63. The molecule has 0 radical (unpaired) electrons. The number of hydrogen-bond donors (Lipinski definition) is 2. The number of hydrogen-bond acceptors (Lipinski definition) is 4. The third-order valence-electron chi connectivity index (χ3n) is 3.55. The standard InChI is InChI=1S/C13H18FN3OS/c1-8-9(2)19-7-6-17(8)11-5-3-4-10(14)12(11)13(15)16-18/h3-5,8-9,18H,6-7H2,1-2H3,(H2,15,16). The zero-order chi connectivity index (χ0) is 14.0. The highest BCUT2D eigenvalue weighted by Crippen LogP contribution is 2.32. The number of oxime groups is 1. The van der Waals surface area contributed by atoms with Crippen molar-refractivity contribution in [2.24, 2.45) is 10.9 Å². The zero-order valence-corrected chi connectivity index (χ0v) is 11.8. The molecule has 1 aliphatic heterocycles. The number of nitrogens with two attached hydrogens (primary N) is 1. The molecule has 0 bridgehead atoms. The van der Waals surface area contributed by atoms with E-state index in [9.17, 15) is 4.39 Å². The first-order chi connectivity index (χ1) is 9.06. The van der Waals surface area contributed by atoms with Gasteiger partial charge in [-0.05, 0) is 19.1 Å². The topological polar surface area (TPSA) is 61.8 Å². The van der Waals surface area contributed by atoms with E-state index in [1.807, 2.05) is 17.8 Å². The van der Waals surface area contributed by atoms with Crippen LogP contribution in [-0.2, 0) is 0 Å². The van der Waals surface area contributed by atoms with Gasteiger partial charge in [-0.1, -0.05) is 18.1 Å². The van der Waals surface area contributed by atoms with Crippen LogP contribution < -0.4 is 10.6 Å². The highest BCUT2D eigenvalue weighted by molar-refractivity contribution is 8.00. The molecule has 0 aliphatic carbocycles. The lowest BCUT2D eigenvalue weighted by Crippen LogP contribution is -2.45. The van der Waals surface area contributed by atoms with Gasteiger partial charge in [-0.3, -0.25) is 0 Å². The molecule has 1 aromatic rings. The predicted molar refractivity (Wildman–Crippen MR) is 77.6 cm³/mol. The Bertz CT molecular complexity index is 495. The number of nitrogens with zero attached hydrogens (tertiary/aromatic N) is 2. The van der Waals surface area contributed by atoms with E-state index in [1.165, 1.54) is 6.07 Å². The minimum Gasteiger partial charge on any atom is -0.409 e. The summed E-state index contributed by atoms with van der Waals surface area (Å²) >= 11 is 1.90. The highest BCUT2D eigenvalue weighted by Gasteiger charge is 2.28. The van der Waals surface area contributed by atoms with Crippen molar-refractivity contribution < 1.29 is 9.60 Å². The van der Waals surface area contributed by atoms with Gasteiger partial charge in [0, 0.05) is 23.6 Å². The molecular weight excluding hydrogens is 265 g/mol. The van der Waals surface area contributed by atoms with Crippen molar-refractivity contribution >= 4 is 23.3 Å². The van der Waals surface area contributed by atoms with Gasteiger partial charge in [0.1, 0.15) is 5.82 Å². The number of thioether (sulfide) groups is 1. The number of benzene rings is 1. The summed E-state index contributed by atoms with van der Waals surface area (Å²) in [6.07, 6.45) is 0. The third kappa shape index (κ3) is 2.63. The molecule has 2 rings (SSSR count). The fraction of sp³-hybridized carbons (Fsp3) is 0.462. The van der Waals surface area contributed by atoms with E-state index in [1.54, 1.807) is 6.07 Å². The molecule has 1 fully saturated rings. The minimum absolute atomic E-state index is 0.177. The van der Waals surface area contributed by atoms with Crippen LogP contribution in [0, 0.1) is 5.82 Å². The lowest BCUT2D eigenvalue weighted by atomic mass is 10.1. The molecule has 0 saturated carbocycles. The summed E-state index contributed by atoms with van der Waals surface area (Å²) in [5.74, 6) is 0.328. The van der Waals surface area contributed by atoms with Crippen molar-refractivity contribution in [3.63, 3.8) is 0 Å². The first-order valence-corrected chi connectivity index (χ1v) is 7.25. The Hall–Kier alpha value is -1.43. The molecule has 0 amide bonds. The SMILES string of the molecule is CC1SCCN(c2cccc(F)c2/C(N)=N/O)C1C. The summed E-state index contributed by atoms with van der Waals surface area (Å²) in [5, 5.41) is 12.2. The van der Waals surface area contributed by atoms with Crippen LogP contribution in [0.15, 0.2) is 23.4 Å². The average Bonchev–Trinajstić information content (AvgIpc) is 2.41. The van der Waals surface area contributed by atoms with E-state index in [0.29, 0.717) is 10.9 Å². The molecule has 1 aliphatic rings. The Morgan fingerprint density at radius 2 is 2.26 bits per heavy atom. The second-order valence-corrected chi connectivity index (χ2v) is 6.11. The molecule has 4 nitrogen and oxygen atoms in total. The average molecular weight is 283 g/mol. The molecule has 1 heterocycles. The molecule has 2 unspecified atom stereocenters. The molecule has 6 heteroatoms. The van der Waals surface area contributed by atoms with E-state index in [0.717, 1.165) is 12.3 Å². The van der Waals surface area contributed by atoms with Crippen molar-refractivity contribution in [1.82, 2.24) is 0 Å². The number of halogens is 1. The summed E-state index contributed by atoms with van der Waals surface area (Å²) in [5.41, 5.74) is 6.48. The van der Waals surface area contributed by atoms with Gasteiger partial charge < -0.3 is 15.8 Å². The quantitative estimate of drug-likeness (QED) is 0.378. The monoisotopic (exact) mass is 283 g/mol. The van der Waals surface area contributed by atoms with Crippen LogP contribution in [0.5, 0.6) is 0 Å². The summed E-state index contributed by atoms with van der Waals surface area (Å²) in [6.45, 7) is 5.09. The zero-order valence-electron chi connectivity index (χ0n) is 11.0. The van der Waals surface area contributed by atoms with E-state index in [2.05, 4.69) is 23.9 Å². The summed E-state index contributed by atoms with van der Waals surface area (Å²) in [7, 11) is 0. The third-order valence-corrected chi connectivity index (χ3v) is 4.89. The smallest absolute Gasteiger partial charge is 0.175 e. The molecule has 3 N–H and O–H groups in total. The van der Waals surface area contributed by atoms with Crippen LogP contribution in [0.25, 0.3) is 0 Å². The first kappa shape index (κ1) is 14.0. The Morgan fingerprint density at radius 1 is 1.53 bits per heavy atom. The fourth-order valence-electron chi connectivity index (χ4n) is 2.33. The Kier molecular flexibility index (Phi) is 4.19. The molecule has 2 atom stereocenters. The van der Waals surface area contributed by atoms with Gasteiger partial charge in [-0.25, -0.2) is 4.39 Å². The minimum atomic E-state index is -0.467. The molecule has 0 aromatic heterocycles. The van der Waals surface area contributed by atoms with Crippen LogP contribution in [0.3, 0.4) is 0 Å². The maximum Gasteiger partial charge on any atom is 0.175 e. The van der Waals surface area contributed by atoms with Crippen LogP contribution in [0.1, 0.15) is 19.4 Å². The van der Waals surface area contributed by atoms with Gasteiger partial charge in [0.25, 0.3) is 0 Å². The number of amidine groups is 1. The molecule has 0 spiro atoms. The molecule has 104 valence electrons. The lowest BCUT2D eigenvalue weighted by Gasteiger charge is -2.40. The van der Waals surface area contributed by atoms with E-state index < -0.39 is 5.82 Å². The lowest BCUT2D eigenvalue weighted by molar-refractivity contribution is 0.318. The molecule has 1 aromatic carbocycles. The predicted octanol–water partition coefficient (Wildman–Crippen LogP) is 2.25. The van der Waals surface area contributed by atoms with Crippen molar-refractivity contribution in [3.8, 4) is 0 Å². The van der Waals surface area contributed by atoms with E-state index in [4.69, 9.17) is 10.9 Å². The van der Waals surface area contributed by atoms with E-state index in [-0.39, 0.29) is 17.4 Å². The van der Waals surface area contributed by atoms with Gasteiger partial charge in [-0.2, -0.15) is 11.8 Å². The normalized spacial score (nSPS) is 24.6. The largest absolute Gasteiger partial charge is 0.409 e. The molecule has 1 saturated heterocycles. The Labute approximate surface area is 116 Å². The van der Waals surface area contributed by atoms with Crippen LogP contribution in [-0.4, -0.2) is 34.6 Å². The van der Waals surface area contributed by atoms with Gasteiger partial charge in [-0.15, -0.1) is 0 Å². The maximum absolute atomic E-state index is 14.0. The van der Waals surface area contributed by atoms with Crippen LogP contribution >= 0.6 is 11.8 Å². The first-order valence-electron chi connectivity index (χ1n) is 6.21. The summed E-state index contributed by atoms with van der Waals surface area (Å²) in [4.78, 5) is 2.12. The van der Waals surface area contributed by atoms with Crippen molar-refractivity contribution in [3.05, 3.63) is 29.6 Å². The van der Waals surface area contributed by atoms with Crippen molar-refractivity contribution in [1.29, 1.82) is 0 Å². The van der Waals surface area contributed by atoms with Crippen molar-refractivity contribution in [2.45, 2.75) is 25.1 Å². The summed E-state index contributed by atoms with van der Waals surface area (Å²) in [6, 6.07) is 5.06. The van der Waals surface area contributed by atoms with Gasteiger partial charge >= 0.3 is 0 Å². The van der Waals surface area contributed by atoms with E-state index >= 15 is 0 Å². The van der Waals surface area contributed by atoms with Gasteiger partial charge in [0.2, 0.25) is 0 Å². The fourth-order valence-corrected chi connectivity index (χ4v) is 3.43. The number of rotatable bonds is 2.